The van der Waals surface area contributed by atoms with Gasteiger partial charge in [-0.25, -0.2) is 4.79 Å². The lowest BCUT2D eigenvalue weighted by Gasteiger charge is -2.11. The van der Waals surface area contributed by atoms with E-state index in [0.717, 1.165) is 47.0 Å². The van der Waals surface area contributed by atoms with Crippen LogP contribution in [-0.2, 0) is 19.3 Å². The Kier molecular flexibility index (Phi) is 7.96. The molecule has 3 aromatic rings. The zero-order valence-corrected chi connectivity index (χ0v) is 18.4. The van der Waals surface area contributed by atoms with Crippen molar-refractivity contribution in [3.63, 3.8) is 0 Å². The lowest BCUT2D eigenvalue weighted by Crippen LogP contribution is -2.01. The van der Waals surface area contributed by atoms with E-state index in [0.29, 0.717) is 4.88 Å². The Balaban J connectivity index is 1.60. The van der Waals surface area contributed by atoms with Gasteiger partial charge in [0.2, 0.25) is 0 Å². The fourth-order valence-corrected chi connectivity index (χ4v) is 4.69. The molecule has 0 aliphatic heterocycles. The minimum Gasteiger partial charge on any atom is -0.477 e. The van der Waals surface area contributed by atoms with Crippen molar-refractivity contribution in [2.75, 3.05) is 0 Å². The van der Waals surface area contributed by atoms with E-state index >= 15 is 0 Å². The molecule has 0 saturated carbocycles. The van der Waals surface area contributed by atoms with Crippen LogP contribution in [0.2, 0.25) is 5.02 Å². The SMILES string of the molecule is CCCCCCc1ccc(-n2ccc(Cl)c2CCCc2ccc(C(=O)O)s2)cc1. The minimum absolute atomic E-state index is 0.399. The lowest BCUT2D eigenvalue weighted by atomic mass is 10.1. The molecule has 2 heterocycles. The summed E-state index contributed by atoms with van der Waals surface area (Å²) >= 11 is 7.81. The van der Waals surface area contributed by atoms with Gasteiger partial charge in [0.15, 0.2) is 0 Å². The first-order chi connectivity index (χ1) is 14.1. The highest BCUT2D eigenvalue weighted by molar-refractivity contribution is 7.13. The summed E-state index contributed by atoms with van der Waals surface area (Å²) in [6, 6.07) is 14.3. The number of thiophene rings is 1. The molecule has 1 N–H and O–H groups in total. The highest BCUT2D eigenvalue weighted by Crippen LogP contribution is 2.25. The van der Waals surface area contributed by atoms with Crippen LogP contribution in [0.15, 0.2) is 48.7 Å². The van der Waals surface area contributed by atoms with E-state index < -0.39 is 5.97 Å². The van der Waals surface area contributed by atoms with Crippen molar-refractivity contribution >= 4 is 28.9 Å². The molecule has 0 fully saturated rings. The van der Waals surface area contributed by atoms with Crippen molar-refractivity contribution in [3.8, 4) is 5.69 Å². The number of aromatic carboxylic acids is 1. The third-order valence-corrected chi connectivity index (χ3v) is 6.66. The van der Waals surface area contributed by atoms with E-state index in [1.54, 1.807) is 6.07 Å². The Bertz CT molecular complexity index is 927. The van der Waals surface area contributed by atoms with Crippen LogP contribution >= 0.6 is 22.9 Å². The molecule has 0 bridgehead atoms. The second kappa shape index (κ2) is 10.7. The van der Waals surface area contributed by atoms with Crippen molar-refractivity contribution in [1.29, 1.82) is 0 Å². The number of unbranched alkanes of at least 4 members (excludes halogenated alkanes) is 3. The topological polar surface area (TPSA) is 42.2 Å². The number of carboxylic acids is 1. The summed E-state index contributed by atoms with van der Waals surface area (Å²) in [5, 5.41) is 9.84. The lowest BCUT2D eigenvalue weighted by molar-refractivity contribution is 0.0702. The molecule has 0 saturated heterocycles. The highest BCUT2D eigenvalue weighted by Gasteiger charge is 2.11. The van der Waals surface area contributed by atoms with E-state index in [-0.39, 0.29) is 0 Å². The fraction of sp³-hybridized carbons (Fsp3) is 0.375. The summed E-state index contributed by atoms with van der Waals surface area (Å²) in [6.07, 6.45) is 10.9. The molecule has 0 spiro atoms. The number of hydrogen-bond donors (Lipinski definition) is 1. The van der Waals surface area contributed by atoms with Gasteiger partial charge in [0, 0.05) is 22.5 Å². The standard InChI is InChI=1S/C24H28ClNO2S/c1-2-3-4-5-7-18-10-12-19(13-11-18)26-17-16-21(25)22(26)9-6-8-20-14-15-23(29-20)24(27)28/h10-17H,2-9H2,1H3,(H,27,28). The van der Waals surface area contributed by atoms with Crippen LogP contribution in [0.4, 0.5) is 0 Å². The van der Waals surface area contributed by atoms with Gasteiger partial charge in [0.1, 0.15) is 4.88 Å². The quantitative estimate of drug-likeness (QED) is 0.328. The van der Waals surface area contributed by atoms with Crippen LogP contribution in [0, 0.1) is 0 Å². The molecule has 3 nitrogen and oxygen atoms in total. The first-order valence-corrected chi connectivity index (χ1v) is 11.5. The molecule has 154 valence electrons. The number of nitrogens with zero attached hydrogens (tertiary/aromatic N) is 1. The van der Waals surface area contributed by atoms with E-state index in [2.05, 4.69) is 35.8 Å². The highest BCUT2D eigenvalue weighted by atomic mass is 35.5. The van der Waals surface area contributed by atoms with Gasteiger partial charge >= 0.3 is 5.97 Å². The van der Waals surface area contributed by atoms with Crippen LogP contribution in [0.1, 0.15) is 64.8 Å². The fourth-order valence-electron chi connectivity index (χ4n) is 3.56. The van der Waals surface area contributed by atoms with E-state index in [9.17, 15) is 4.79 Å². The van der Waals surface area contributed by atoms with Gasteiger partial charge in [-0.15, -0.1) is 11.3 Å². The predicted molar refractivity (Wildman–Crippen MR) is 122 cm³/mol. The molecule has 0 aliphatic carbocycles. The van der Waals surface area contributed by atoms with Crippen LogP contribution in [0.25, 0.3) is 5.69 Å². The Labute approximate surface area is 182 Å². The molecule has 3 rings (SSSR count). The zero-order chi connectivity index (χ0) is 20.6. The molecule has 5 heteroatoms. The Hall–Kier alpha value is -2.04. The maximum atomic E-state index is 11.0. The maximum Gasteiger partial charge on any atom is 0.345 e. The van der Waals surface area contributed by atoms with Gasteiger partial charge in [-0.3, -0.25) is 0 Å². The van der Waals surface area contributed by atoms with Crippen LogP contribution in [0.5, 0.6) is 0 Å². The van der Waals surface area contributed by atoms with Gasteiger partial charge in [-0.2, -0.15) is 0 Å². The Morgan fingerprint density at radius 2 is 1.76 bits per heavy atom. The summed E-state index contributed by atoms with van der Waals surface area (Å²) in [5.41, 5.74) is 3.63. The van der Waals surface area contributed by atoms with E-state index in [1.165, 1.54) is 42.6 Å². The normalized spacial score (nSPS) is 11.1. The molecular formula is C24H28ClNO2S. The van der Waals surface area contributed by atoms with Crippen molar-refractivity contribution in [3.05, 3.63) is 74.7 Å². The van der Waals surface area contributed by atoms with Gasteiger partial charge in [0.05, 0.1) is 5.02 Å². The molecular weight excluding hydrogens is 402 g/mol. The summed E-state index contributed by atoms with van der Waals surface area (Å²) in [6.45, 7) is 2.24. The van der Waals surface area contributed by atoms with Crippen LogP contribution in [-0.4, -0.2) is 15.6 Å². The van der Waals surface area contributed by atoms with Crippen molar-refractivity contribution in [2.45, 2.75) is 58.3 Å². The monoisotopic (exact) mass is 429 g/mol. The molecule has 0 unspecified atom stereocenters. The number of carbonyl (C=O) groups is 1. The van der Waals surface area contributed by atoms with Crippen LogP contribution < -0.4 is 0 Å². The van der Waals surface area contributed by atoms with Gasteiger partial charge < -0.3 is 9.67 Å². The molecule has 2 aromatic heterocycles. The minimum atomic E-state index is -0.855. The third kappa shape index (κ3) is 5.97. The summed E-state index contributed by atoms with van der Waals surface area (Å²) in [7, 11) is 0. The zero-order valence-electron chi connectivity index (χ0n) is 16.9. The number of carboxylic acid groups (broad SMARTS) is 1. The van der Waals surface area contributed by atoms with Crippen molar-refractivity contribution in [1.82, 2.24) is 4.57 Å². The van der Waals surface area contributed by atoms with Gasteiger partial charge in [-0.05, 0) is 68.0 Å². The Morgan fingerprint density at radius 1 is 0.966 bits per heavy atom. The summed E-state index contributed by atoms with van der Waals surface area (Å²) in [4.78, 5) is 12.5. The first-order valence-electron chi connectivity index (χ1n) is 10.4. The number of halogens is 1. The van der Waals surface area contributed by atoms with Crippen molar-refractivity contribution in [2.24, 2.45) is 0 Å². The first kappa shape index (κ1) is 21.7. The van der Waals surface area contributed by atoms with Crippen LogP contribution in [0.3, 0.4) is 0 Å². The molecule has 29 heavy (non-hydrogen) atoms. The summed E-state index contributed by atoms with van der Waals surface area (Å²) in [5.74, 6) is -0.855. The van der Waals surface area contributed by atoms with Gasteiger partial charge in [-0.1, -0.05) is 49.9 Å². The number of aromatic nitrogens is 1. The number of aryl methyl sites for hydroxylation is 2. The number of benzene rings is 1. The third-order valence-electron chi connectivity index (χ3n) is 5.18. The van der Waals surface area contributed by atoms with E-state index in [1.807, 2.05) is 18.3 Å². The Morgan fingerprint density at radius 3 is 2.45 bits per heavy atom. The molecule has 0 radical (unpaired) electrons. The predicted octanol–water partition coefficient (Wildman–Crippen LogP) is 7.19. The average molecular weight is 430 g/mol. The molecule has 0 atom stereocenters. The molecule has 0 amide bonds. The number of rotatable bonds is 11. The largest absolute Gasteiger partial charge is 0.477 e. The average Bonchev–Trinajstić information content (AvgIpc) is 3.33. The molecule has 1 aromatic carbocycles. The van der Waals surface area contributed by atoms with Crippen molar-refractivity contribution < 1.29 is 9.90 Å². The second-order valence-electron chi connectivity index (χ2n) is 7.38. The number of hydrogen-bond acceptors (Lipinski definition) is 2. The second-order valence-corrected chi connectivity index (χ2v) is 8.96. The molecule has 0 aliphatic rings. The summed E-state index contributed by atoms with van der Waals surface area (Å²) < 4.78 is 2.17. The van der Waals surface area contributed by atoms with Gasteiger partial charge in [0.25, 0.3) is 0 Å². The maximum absolute atomic E-state index is 11.0. The smallest absolute Gasteiger partial charge is 0.345 e. The van der Waals surface area contributed by atoms with E-state index in [4.69, 9.17) is 16.7 Å².